The molecule has 5 nitrogen and oxygen atoms in total. The molecule has 0 aliphatic heterocycles. The fraction of sp³-hybridized carbons (Fsp3) is 0.714. The van der Waals surface area contributed by atoms with Crippen LogP contribution in [-0.2, 0) is 10.1 Å². The van der Waals surface area contributed by atoms with Crippen LogP contribution in [0.3, 0.4) is 0 Å². The first-order valence-electron chi connectivity index (χ1n) is 29.3. The minimum Gasteiger partial charge on any atom is -0.402 e. The van der Waals surface area contributed by atoms with E-state index < -0.39 is 12.7 Å². The van der Waals surface area contributed by atoms with Gasteiger partial charge in [-0.25, -0.2) is 0 Å². The molecule has 9 heteroatoms. The highest BCUT2D eigenvalue weighted by Crippen LogP contribution is 2.46. The summed E-state index contributed by atoms with van der Waals surface area (Å²) in [6, 6.07) is 18.7. The Labute approximate surface area is 460 Å². The van der Waals surface area contributed by atoms with Crippen molar-refractivity contribution in [2.75, 3.05) is 47.9 Å². The van der Waals surface area contributed by atoms with Gasteiger partial charge in [-0.3, -0.25) is 0 Å². The number of nitrogens with zero attached hydrogens (tertiary/aromatic N) is 2. The third-order valence-corrected chi connectivity index (χ3v) is 15.6. The summed E-state index contributed by atoms with van der Waals surface area (Å²) in [6.45, 7) is 13.4. The Kier molecular flexibility index (Phi) is 42.3. The Bertz CT molecular complexity index is 1580. The maximum absolute atomic E-state index is 8.93. The molecule has 0 spiro atoms. The summed E-state index contributed by atoms with van der Waals surface area (Å²) in [5.74, 6) is 0. The van der Waals surface area contributed by atoms with Gasteiger partial charge in [-0.2, -0.15) is 0 Å². The van der Waals surface area contributed by atoms with Gasteiger partial charge < -0.3 is 24.5 Å². The Hall–Kier alpha value is -1.61. The zero-order chi connectivity index (χ0) is 53.2. The summed E-state index contributed by atoms with van der Waals surface area (Å²) in [4.78, 5) is 4.58. The molecule has 0 aliphatic rings. The number of unbranched alkanes of at least 4 members (excludes halogenated alkanes) is 28. The number of halogens is 3. The smallest absolute Gasteiger partial charge is 0.402 e. The molecule has 0 amide bonds. The second-order valence-electron chi connectivity index (χ2n) is 21.6. The van der Waals surface area contributed by atoms with E-state index in [1.807, 2.05) is 39.0 Å². The molecule has 0 radical (unpaired) electrons. The van der Waals surface area contributed by atoms with E-state index in [1.54, 1.807) is 0 Å². The van der Waals surface area contributed by atoms with Gasteiger partial charge in [-0.15, -0.1) is 0 Å². The summed E-state index contributed by atoms with van der Waals surface area (Å²) in [6.07, 6.45) is 43.9. The lowest BCUT2D eigenvalue weighted by atomic mass is 9.66. The van der Waals surface area contributed by atoms with Crippen LogP contribution in [-0.4, -0.2) is 75.1 Å². The van der Waals surface area contributed by atoms with Crippen molar-refractivity contribution in [2.45, 2.75) is 245 Å². The number of aryl methyl sites for hydroxylation is 3. The largest absolute Gasteiger partial charge is 0.633 e. The van der Waals surface area contributed by atoms with Crippen molar-refractivity contribution in [3.63, 3.8) is 0 Å². The maximum atomic E-state index is 8.93. The van der Waals surface area contributed by atoms with E-state index in [-0.39, 0.29) is 6.61 Å². The van der Waals surface area contributed by atoms with Crippen molar-refractivity contribution in [1.29, 1.82) is 0 Å². The van der Waals surface area contributed by atoms with Crippen molar-refractivity contribution in [1.82, 2.24) is 9.80 Å². The first-order chi connectivity index (χ1) is 34.7. The third-order valence-electron chi connectivity index (χ3n) is 14.4. The molecule has 412 valence electrons. The fourth-order valence-electron chi connectivity index (χ4n) is 9.61. The van der Waals surface area contributed by atoms with Crippen LogP contribution in [0.1, 0.15) is 253 Å². The van der Waals surface area contributed by atoms with E-state index in [2.05, 4.69) is 88.2 Å². The van der Waals surface area contributed by atoms with Gasteiger partial charge in [0.05, 0.1) is 0 Å². The SMILES string of the molecule is CCCCCCCCCCCCCCCCN(C)C.CCCCCCCCCCCCCCCCN(C)C.Cc1ccc(C(CCCCCOB(O)O)(c2ccc(C)c(Cl)c2)c2ccc(C)c(Cl)c2)cc1Cl. The number of rotatable bonds is 40. The van der Waals surface area contributed by atoms with Gasteiger partial charge in [0.2, 0.25) is 0 Å². The van der Waals surface area contributed by atoms with Crippen LogP contribution < -0.4 is 0 Å². The Balaban J connectivity index is 0.000000586. The minimum absolute atomic E-state index is 0.285. The topological polar surface area (TPSA) is 56.2 Å². The van der Waals surface area contributed by atoms with Crippen LogP contribution in [0.15, 0.2) is 54.6 Å². The summed E-state index contributed by atoms with van der Waals surface area (Å²) >= 11 is 19.9. The van der Waals surface area contributed by atoms with Gasteiger partial charge >= 0.3 is 7.32 Å². The molecule has 0 saturated carbocycles. The number of hydrogen-bond donors (Lipinski definition) is 2. The lowest BCUT2D eigenvalue weighted by molar-refractivity contribution is 0.181. The van der Waals surface area contributed by atoms with E-state index in [1.165, 1.54) is 193 Å². The number of hydrogen-bond acceptors (Lipinski definition) is 5. The Morgan fingerprint density at radius 1 is 0.403 bits per heavy atom. The molecule has 0 fully saturated rings. The third kappa shape index (κ3) is 32.7. The number of benzene rings is 3. The molecule has 3 aromatic rings. The van der Waals surface area contributed by atoms with Crippen LogP contribution in [0.2, 0.25) is 15.1 Å². The van der Waals surface area contributed by atoms with Crippen LogP contribution in [0.25, 0.3) is 0 Å². The van der Waals surface area contributed by atoms with Crippen LogP contribution >= 0.6 is 34.8 Å². The Morgan fingerprint density at radius 3 is 0.917 bits per heavy atom. The summed E-state index contributed by atoms with van der Waals surface area (Å²) in [7, 11) is 6.94. The Morgan fingerprint density at radius 2 is 0.667 bits per heavy atom. The van der Waals surface area contributed by atoms with Gasteiger partial charge in [0.1, 0.15) is 0 Å². The lowest BCUT2D eigenvalue weighted by Crippen LogP contribution is -2.30. The molecule has 0 heterocycles. The van der Waals surface area contributed by atoms with Gasteiger partial charge in [0, 0.05) is 27.1 Å². The van der Waals surface area contributed by atoms with E-state index in [0.29, 0.717) is 21.5 Å². The van der Waals surface area contributed by atoms with Crippen molar-refractivity contribution in [3.8, 4) is 0 Å². The average Bonchev–Trinajstić information content (AvgIpc) is 3.34. The molecule has 0 aliphatic carbocycles. The highest BCUT2D eigenvalue weighted by molar-refractivity contribution is 6.32. The van der Waals surface area contributed by atoms with Crippen molar-refractivity contribution in [2.24, 2.45) is 0 Å². The summed E-state index contributed by atoms with van der Waals surface area (Å²) in [5, 5.41) is 20.0. The van der Waals surface area contributed by atoms with Gasteiger partial charge in [0.25, 0.3) is 0 Å². The zero-order valence-corrected chi connectivity index (χ0v) is 50.1. The minimum atomic E-state index is -1.74. The summed E-state index contributed by atoms with van der Waals surface area (Å²) in [5.41, 5.74) is 5.75. The second kappa shape index (κ2) is 44.5. The highest BCUT2D eigenvalue weighted by Gasteiger charge is 2.37. The molecule has 0 atom stereocenters. The van der Waals surface area contributed by atoms with Crippen molar-refractivity contribution < 1.29 is 14.7 Å². The van der Waals surface area contributed by atoms with Crippen molar-refractivity contribution >= 4 is 42.1 Å². The van der Waals surface area contributed by atoms with Crippen LogP contribution in [0, 0.1) is 20.8 Å². The van der Waals surface area contributed by atoms with Gasteiger partial charge in [-0.1, -0.05) is 265 Å². The molecular weight excluding hydrogens is 950 g/mol. The van der Waals surface area contributed by atoms with Gasteiger partial charge in [-0.05, 0) is 139 Å². The molecule has 3 rings (SSSR count). The predicted molar refractivity (Wildman–Crippen MR) is 321 cm³/mol. The first kappa shape index (κ1) is 68.4. The normalized spacial score (nSPS) is 11.5. The highest BCUT2D eigenvalue weighted by atomic mass is 35.5. The molecule has 0 saturated heterocycles. The molecule has 3 aromatic carbocycles. The second-order valence-corrected chi connectivity index (χ2v) is 22.8. The molecule has 2 N–H and O–H groups in total. The maximum Gasteiger partial charge on any atom is 0.633 e. The van der Waals surface area contributed by atoms with Gasteiger partial charge in [0.15, 0.2) is 0 Å². The zero-order valence-electron chi connectivity index (χ0n) is 47.9. The molecule has 72 heavy (non-hydrogen) atoms. The molecule has 0 bridgehead atoms. The van der Waals surface area contributed by atoms with Crippen LogP contribution in [0.5, 0.6) is 0 Å². The van der Waals surface area contributed by atoms with E-state index >= 15 is 0 Å². The quantitative estimate of drug-likeness (QED) is 0.0338. The molecular formula is C63H108BCl3N2O3. The monoisotopic (exact) mass is 1060 g/mol. The first-order valence-corrected chi connectivity index (χ1v) is 30.4. The summed E-state index contributed by atoms with van der Waals surface area (Å²) < 4.78 is 4.87. The fourth-order valence-corrected chi connectivity index (χ4v) is 10.2. The molecule has 0 unspecified atom stereocenters. The van der Waals surface area contributed by atoms with Crippen molar-refractivity contribution in [3.05, 3.63) is 103 Å². The van der Waals surface area contributed by atoms with E-state index in [4.69, 9.17) is 49.5 Å². The predicted octanol–water partition coefficient (Wildman–Crippen LogP) is 19.5. The van der Waals surface area contributed by atoms with E-state index in [9.17, 15) is 0 Å². The van der Waals surface area contributed by atoms with E-state index in [0.717, 1.165) is 52.6 Å². The standard InChI is InChI=1S/C27H30BCl3O3.2C18H39N/c1-18-7-10-21(15-24(18)29)27(13-5-4-6-14-34-28(32)33,22-11-8-19(2)25(30)16-22)23-12-9-20(3)26(31)17-23;2*1-4-5-6-7-8-9-10-11-12-13-14-15-16-17-18-19(2)3/h7-12,15-17,32-33H,4-6,13-14H2,1-3H3;2*4-18H2,1-3H3. The van der Waals surface area contributed by atoms with Crippen LogP contribution in [0.4, 0.5) is 0 Å². The molecule has 0 aromatic heterocycles. The lowest BCUT2D eigenvalue weighted by Gasteiger charge is -2.37. The average molecular weight is 1060 g/mol.